The van der Waals surface area contributed by atoms with Gasteiger partial charge in [0.05, 0.1) is 10.8 Å². The number of pyridine rings is 1. The standard InChI is InChI=1S/C20H24N4O4S/c25-19(23-18-10-4-5-12-21-18)11-13-22-20(26)16-7-6-14-24(15-16)29(27,28)17-8-2-1-3-9-17/h1-5,8-10,12,16H,6-7,11,13-15H2,(H,22,26)(H,21,23,25)/t16-/m1/s1. The smallest absolute Gasteiger partial charge is 0.243 e. The average molecular weight is 417 g/mol. The summed E-state index contributed by atoms with van der Waals surface area (Å²) in [5.74, 6) is -0.455. The van der Waals surface area contributed by atoms with E-state index >= 15 is 0 Å². The maximum atomic E-state index is 12.8. The summed E-state index contributed by atoms with van der Waals surface area (Å²) in [6.45, 7) is 0.718. The number of hydrogen-bond donors (Lipinski definition) is 2. The van der Waals surface area contributed by atoms with Crippen LogP contribution >= 0.6 is 0 Å². The molecule has 2 aromatic rings. The fourth-order valence-corrected chi connectivity index (χ4v) is 4.75. The minimum absolute atomic E-state index is 0.112. The molecule has 154 valence electrons. The van der Waals surface area contributed by atoms with Gasteiger partial charge in [-0.05, 0) is 37.1 Å². The summed E-state index contributed by atoms with van der Waals surface area (Å²) in [7, 11) is -3.61. The molecular formula is C20H24N4O4S. The molecule has 2 N–H and O–H groups in total. The second-order valence-electron chi connectivity index (χ2n) is 6.82. The van der Waals surface area contributed by atoms with Crippen LogP contribution in [0.2, 0.25) is 0 Å². The fourth-order valence-electron chi connectivity index (χ4n) is 3.20. The maximum Gasteiger partial charge on any atom is 0.243 e. The highest BCUT2D eigenvalue weighted by Gasteiger charge is 2.33. The molecule has 8 nitrogen and oxygen atoms in total. The molecule has 2 amide bonds. The highest BCUT2D eigenvalue weighted by Crippen LogP contribution is 2.23. The first-order valence-corrected chi connectivity index (χ1v) is 10.9. The summed E-state index contributed by atoms with van der Waals surface area (Å²) in [5, 5.41) is 5.39. The fraction of sp³-hybridized carbons (Fsp3) is 0.350. The van der Waals surface area contributed by atoms with Crippen LogP contribution in [0, 0.1) is 5.92 Å². The van der Waals surface area contributed by atoms with Gasteiger partial charge in [-0.25, -0.2) is 13.4 Å². The van der Waals surface area contributed by atoms with E-state index in [1.54, 1.807) is 54.7 Å². The van der Waals surface area contributed by atoms with E-state index in [9.17, 15) is 18.0 Å². The van der Waals surface area contributed by atoms with Crippen LogP contribution in [-0.4, -0.2) is 49.2 Å². The Labute approximate surface area is 170 Å². The van der Waals surface area contributed by atoms with Gasteiger partial charge in [0, 0.05) is 32.3 Å². The summed E-state index contributed by atoms with van der Waals surface area (Å²) in [5.41, 5.74) is 0. The molecule has 1 atom stereocenters. The van der Waals surface area contributed by atoms with Gasteiger partial charge in [0.1, 0.15) is 5.82 Å². The lowest BCUT2D eigenvalue weighted by molar-refractivity contribution is -0.126. The van der Waals surface area contributed by atoms with Crippen molar-refractivity contribution in [3.05, 3.63) is 54.7 Å². The van der Waals surface area contributed by atoms with Crippen molar-refractivity contribution in [2.75, 3.05) is 25.0 Å². The largest absolute Gasteiger partial charge is 0.355 e. The van der Waals surface area contributed by atoms with Gasteiger partial charge in [-0.1, -0.05) is 24.3 Å². The Kier molecular flexibility index (Phi) is 6.95. The predicted octanol–water partition coefficient (Wildman–Crippen LogP) is 1.63. The highest BCUT2D eigenvalue weighted by atomic mass is 32.2. The van der Waals surface area contributed by atoms with E-state index in [1.165, 1.54) is 4.31 Å². The first-order valence-electron chi connectivity index (χ1n) is 9.50. The Bertz CT molecular complexity index is 935. The van der Waals surface area contributed by atoms with E-state index in [2.05, 4.69) is 15.6 Å². The molecule has 0 radical (unpaired) electrons. The first-order chi connectivity index (χ1) is 14.0. The summed E-state index contributed by atoms with van der Waals surface area (Å²) in [6, 6.07) is 13.4. The third-order valence-electron chi connectivity index (χ3n) is 4.72. The summed E-state index contributed by atoms with van der Waals surface area (Å²) < 4.78 is 26.9. The van der Waals surface area contributed by atoms with Gasteiger partial charge in [-0.2, -0.15) is 4.31 Å². The number of benzene rings is 1. The van der Waals surface area contributed by atoms with E-state index < -0.39 is 15.9 Å². The van der Waals surface area contributed by atoms with Gasteiger partial charge in [0.25, 0.3) is 0 Å². The molecule has 0 bridgehead atoms. The van der Waals surface area contributed by atoms with Crippen LogP contribution in [0.4, 0.5) is 5.82 Å². The second-order valence-corrected chi connectivity index (χ2v) is 8.76. The Morgan fingerprint density at radius 1 is 1.10 bits per heavy atom. The van der Waals surface area contributed by atoms with Crippen molar-refractivity contribution in [3.8, 4) is 0 Å². The van der Waals surface area contributed by atoms with Gasteiger partial charge in [0.2, 0.25) is 21.8 Å². The van der Waals surface area contributed by atoms with Crippen LogP contribution in [0.15, 0.2) is 59.6 Å². The molecule has 1 aliphatic heterocycles. The molecule has 9 heteroatoms. The molecule has 1 aliphatic rings. The molecule has 2 heterocycles. The number of hydrogen-bond acceptors (Lipinski definition) is 5. The Morgan fingerprint density at radius 2 is 1.86 bits per heavy atom. The lowest BCUT2D eigenvalue weighted by atomic mass is 9.99. The second kappa shape index (κ2) is 9.62. The molecule has 3 rings (SSSR count). The van der Waals surface area contributed by atoms with Gasteiger partial charge in [0.15, 0.2) is 0 Å². The molecule has 0 spiro atoms. The number of piperidine rings is 1. The average Bonchev–Trinajstić information content (AvgIpc) is 2.75. The molecule has 1 fully saturated rings. The van der Waals surface area contributed by atoms with Crippen molar-refractivity contribution in [2.45, 2.75) is 24.2 Å². The molecule has 1 aromatic carbocycles. The van der Waals surface area contributed by atoms with E-state index in [4.69, 9.17) is 0 Å². The van der Waals surface area contributed by atoms with Crippen molar-refractivity contribution in [1.29, 1.82) is 0 Å². The minimum Gasteiger partial charge on any atom is -0.355 e. The number of rotatable bonds is 7. The Balaban J connectivity index is 1.49. The molecular weight excluding hydrogens is 392 g/mol. The predicted molar refractivity (Wildman–Crippen MR) is 108 cm³/mol. The highest BCUT2D eigenvalue weighted by molar-refractivity contribution is 7.89. The zero-order valence-electron chi connectivity index (χ0n) is 16.0. The molecule has 0 unspecified atom stereocenters. The van der Waals surface area contributed by atoms with Crippen LogP contribution < -0.4 is 10.6 Å². The third-order valence-corrected chi connectivity index (χ3v) is 6.60. The van der Waals surface area contributed by atoms with Crippen molar-refractivity contribution in [3.63, 3.8) is 0 Å². The van der Waals surface area contributed by atoms with Crippen molar-refractivity contribution >= 4 is 27.7 Å². The number of nitrogens with zero attached hydrogens (tertiary/aromatic N) is 2. The number of sulfonamides is 1. The number of anilines is 1. The van der Waals surface area contributed by atoms with Gasteiger partial charge < -0.3 is 10.6 Å². The van der Waals surface area contributed by atoms with Crippen molar-refractivity contribution < 1.29 is 18.0 Å². The third kappa shape index (κ3) is 5.61. The Hall–Kier alpha value is -2.78. The normalized spacial score (nSPS) is 17.4. The van der Waals surface area contributed by atoms with E-state index in [-0.39, 0.29) is 36.2 Å². The van der Waals surface area contributed by atoms with Gasteiger partial charge in [-0.3, -0.25) is 9.59 Å². The van der Waals surface area contributed by atoms with Gasteiger partial charge >= 0.3 is 0 Å². The zero-order valence-corrected chi connectivity index (χ0v) is 16.8. The molecule has 0 saturated carbocycles. The number of carbonyl (C=O) groups excluding carboxylic acids is 2. The summed E-state index contributed by atoms with van der Waals surface area (Å²) >= 11 is 0. The molecule has 1 saturated heterocycles. The molecule has 0 aliphatic carbocycles. The van der Waals surface area contributed by atoms with Crippen LogP contribution in [0.3, 0.4) is 0 Å². The molecule has 29 heavy (non-hydrogen) atoms. The minimum atomic E-state index is -3.61. The lowest BCUT2D eigenvalue weighted by Gasteiger charge is -2.31. The SMILES string of the molecule is O=C(CCNC(=O)[C@@H]1CCCN(S(=O)(=O)c2ccccc2)C1)Nc1ccccn1. The van der Waals surface area contributed by atoms with Crippen molar-refractivity contribution in [1.82, 2.24) is 14.6 Å². The Morgan fingerprint density at radius 3 is 2.59 bits per heavy atom. The van der Waals surface area contributed by atoms with Crippen LogP contribution in [0.25, 0.3) is 0 Å². The lowest BCUT2D eigenvalue weighted by Crippen LogP contribution is -2.45. The first kappa shape index (κ1) is 20.9. The van der Waals surface area contributed by atoms with Crippen molar-refractivity contribution in [2.24, 2.45) is 5.92 Å². The maximum absolute atomic E-state index is 12.8. The molecule has 1 aromatic heterocycles. The zero-order chi connectivity index (χ0) is 20.7. The number of aromatic nitrogens is 1. The quantitative estimate of drug-likeness (QED) is 0.713. The van der Waals surface area contributed by atoms with E-state index in [1.807, 2.05) is 0 Å². The van der Waals surface area contributed by atoms with Gasteiger partial charge in [-0.15, -0.1) is 0 Å². The number of amides is 2. The summed E-state index contributed by atoms with van der Waals surface area (Å²) in [6.07, 6.45) is 2.92. The van der Waals surface area contributed by atoms with Crippen LogP contribution in [0.5, 0.6) is 0 Å². The number of nitrogens with one attached hydrogen (secondary N) is 2. The van der Waals surface area contributed by atoms with Crippen LogP contribution in [-0.2, 0) is 19.6 Å². The van der Waals surface area contributed by atoms with Crippen LogP contribution in [0.1, 0.15) is 19.3 Å². The number of carbonyl (C=O) groups is 2. The summed E-state index contributed by atoms with van der Waals surface area (Å²) in [4.78, 5) is 28.6. The monoisotopic (exact) mass is 416 g/mol. The van der Waals surface area contributed by atoms with E-state index in [0.29, 0.717) is 25.2 Å². The topological polar surface area (TPSA) is 108 Å². The van der Waals surface area contributed by atoms with E-state index in [0.717, 1.165) is 0 Å².